The summed E-state index contributed by atoms with van der Waals surface area (Å²) in [5.41, 5.74) is 0. The van der Waals surface area contributed by atoms with Gasteiger partial charge in [-0.2, -0.15) is 26.3 Å². The predicted octanol–water partition coefficient (Wildman–Crippen LogP) is 3.03. The first-order valence-corrected chi connectivity index (χ1v) is 5.39. The number of hydrogen-bond donors (Lipinski definition) is 1. The minimum Gasteiger partial charge on any atom is -0.445 e. The van der Waals surface area contributed by atoms with Crippen LogP contribution in [0.15, 0.2) is 10.6 Å². The fourth-order valence-corrected chi connectivity index (χ4v) is 1.50. The number of halogens is 6. The molecule has 1 aromatic rings. The molecule has 0 fully saturated rings. The van der Waals surface area contributed by atoms with Gasteiger partial charge < -0.3 is 9.73 Å². The number of oxazole rings is 1. The second-order valence-electron chi connectivity index (χ2n) is 3.88. The number of rotatable bonds is 5. The van der Waals surface area contributed by atoms with E-state index in [1.807, 2.05) is 0 Å². The number of nitrogens with one attached hydrogen (secondary N) is 1. The van der Waals surface area contributed by atoms with E-state index in [1.165, 1.54) is 0 Å². The van der Waals surface area contributed by atoms with Crippen molar-refractivity contribution in [2.45, 2.75) is 31.1 Å². The van der Waals surface area contributed by atoms with Crippen molar-refractivity contribution in [3.8, 4) is 0 Å². The van der Waals surface area contributed by atoms with Crippen LogP contribution in [0.3, 0.4) is 0 Å². The Labute approximate surface area is 105 Å². The molecule has 0 spiro atoms. The lowest BCUT2D eigenvalue weighted by Gasteiger charge is -2.20. The van der Waals surface area contributed by atoms with Crippen LogP contribution in [0.4, 0.5) is 26.3 Å². The Morgan fingerprint density at radius 3 is 2.26 bits per heavy atom. The molecule has 0 atom stereocenters. The first-order chi connectivity index (χ1) is 8.66. The molecule has 0 aliphatic heterocycles. The average molecular weight is 290 g/mol. The Hall–Kier alpha value is -1.25. The van der Waals surface area contributed by atoms with E-state index in [9.17, 15) is 26.3 Å². The molecule has 1 aromatic heterocycles. The van der Waals surface area contributed by atoms with E-state index in [1.54, 1.807) is 7.05 Å². The summed E-state index contributed by atoms with van der Waals surface area (Å²) in [4.78, 5) is 3.44. The van der Waals surface area contributed by atoms with Crippen molar-refractivity contribution in [1.29, 1.82) is 0 Å². The lowest BCUT2D eigenvalue weighted by molar-refractivity contribution is -0.257. The Morgan fingerprint density at radius 1 is 1.21 bits per heavy atom. The minimum atomic E-state index is -5.46. The second-order valence-corrected chi connectivity index (χ2v) is 3.88. The highest BCUT2D eigenvalue weighted by Gasteiger charge is 2.59. The maximum Gasteiger partial charge on any atom is 0.407 e. The summed E-state index contributed by atoms with van der Waals surface area (Å²) in [6.45, 7) is 0.555. The fraction of sp³-hybridized carbons (Fsp3) is 0.700. The predicted molar refractivity (Wildman–Crippen MR) is 53.6 cm³/mol. The molecule has 1 N–H and O–H groups in total. The van der Waals surface area contributed by atoms with Crippen molar-refractivity contribution in [2.24, 2.45) is 0 Å². The number of aromatic nitrogens is 1. The number of aryl methyl sites for hydroxylation is 1. The third-order valence-corrected chi connectivity index (χ3v) is 2.33. The summed E-state index contributed by atoms with van der Waals surface area (Å²) in [7, 11) is 1.67. The molecule has 0 aliphatic rings. The molecule has 9 heteroatoms. The van der Waals surface area contributed by atoms with Gasteiger partial charge in [-0.25, -0.2) is 4.98 Å². The Balaban J connectivity index is 2.87. The molecule has 0 amide bonds. The summed E-state index contributed by atoms with van der Waals surface area (Å²) in [6.07, 6.45) is -9.76. The van der Waals surface area contributed by atoms with Crippen molar-refractivity contribution >= 4 is 0 Å². The lowest BCUT2D eigenvalue weighted by atomic mass is 10.1. The van der Waals surface area contributed by atoms with Crippen molar-refractivity contribution in [1.82, 2.24) is 10.3 Å². The molecule has 110 valence electrons. The largest absolute Gasteiger partial charge is 0.445 e. The van der Waals surface area contributed by atoms with Crippen LogP contribution in [0.25, 0.3) is 0 Å². The Kier molecular flexibility index (Phi) is 4.83. The van der Waals surface area contributed by atoms with Crippen molar-refractivity contribution < 1.29 is 30.8 Å². The molecule has 3 nitrogen and oxygen atoms in total. The van der Waals surface area contributed by atoms with Gasteiger partial charge in [0, 0.05) is 6.42 Å². The number of nitrogens with zero attached hydrogens (tertiary/aromatic N) is 1. The van der Waals surface area contributed by atoms with Crippen LogP contribution in [0.2, 0.25) is 0 Å². The Morgan fingerprint density at radius 2 is 1.79 bits per heavy atom. The third kappa shape index (κ3) is 4.41. The first kappa shape index (κ1) is 15.8. The lowest BCUT2D eigenvalue weighted by Crippen LogP contribution is -2.33. The van der Waals surface area contributed by atoms with Crippen LogP contribution in [-0.2, 0) is 6.42 Å². The van der Waals surface area contributed by atoms with Crippen LogP contribution in [0.1, 0.15) is 24.0 Å². The SMILES string of the molecule is CNCCCc1ncc(C(C(F)(F)F)C(F)(F)F)o1. The van der Waals surface area contributed by atoms with Gasteiger partial charge in [0.15, 0.2) is 5.89 Å². The molecule has 0 unspecified atom stereocenters. The van der Waals surface area contributed by atoms with Crippen LogP contribution in [0, 0.1) is 0 Å². The van der Waals surface area contributed by atoms with Crippen molar-refractivity contribution in [2.75, 3.05) is 13.6 Å². The van der Waals surface area contributed by atoms with Gasteiger partial charge >= 0.3 is 12.4 Å². The van der Waals surface area contributed by atoms with Gasteiger partial charge in [0.25, 0.3) is 0 Å². The van der Waals surface area contributed by atoms with Crippen LogP contribution in [0.5, 0.6) is 0 Å². The highest BCUT2D eigenvalue weighted by molar-refractivity contribution is 5.08. The van der Waals surface area contributed by atoms with Gasteiger partial charge in [-0.1, -0.05) is 0 Å². The van der Waals surface area contributed by atoms with Gasteiger partial charge in [0.05, 0.1) is 6.20 Å². The summed E-state index contributed by atoms with van der Waals surface area (Å²) in [5.74, 6) is -4.99. The van der Waals surface area contributed by atoms with E-state index in [2.05, 4.69) is 14.7 Å². The van der Waals surface area contributed by atoms with Crippen LogP contribution in [-0.4, -0.2) is 30.9 Å². The van der Waals surface area contributed by atoms with Gasteiger partial charge in [0.2, 0.25) is 5.92 Å². The topological polar surface area (TPSA) is 38.1 Å². The quantitative estimate of drug-likeness (QED) is 0.669. The minimum absolute atomic E-state index is 0.135. The zero-order valence-electron chi connectivity index (χ0n) is 9.90. The molecule has 0 saturated carbocycles. The molecule has 0 saturated heterocycles. The normalized spacial score (nSPS) is 13.3. The molecular formula is C10H12F6N2O. The van der Waals surface area contributed by atoms with Crippen LogP contribution < -0.4 is 5.32 Å². The molecule has 1 rings (SSSR count). The van der Waals surface area contributed by atoms with E-state index < -0.39 is 24.0 Å². The summed E-state index contributed by atoms with van der Waals surface area (Å²) in [6, 6.07) is 0. The van der Waals surface area contributed by atoms with Crippen molar-refractivity contribution in [3.63, 3.8) is 0 Å². The van der Waals surface area contributed by atoms with Crippen LogP contribution >= 0.6 is 0 Å². The summed E-state index contributed by atoms with van der Waals surface area (Å²) >= 11 is 0. The second kappa shape index (κ2) is 5.81. The maximum absolute atomic E-state index is 12.4. The summed E-state index contributed by atoms with van der Waals surface area (Å²) in [5, 5.41) is 2.79. The Bertz CT molecular complexity index is 383. The smallest absolute Gasteiger partial charge is 0.407 e. The van der Waals surface area contributed by atoms with E-state index in [0.717, 1.165) is 0 Å². The first-order valence-electron chi connectivity index (χ1n) is 5.39. The van der Waals surface area contributed by atoms with Gasteiger partial charge in [-0.15, -0.1) is 0 Å². The van der Waals surface area contributed by atoms with E-state index >= 15 is 0 Å². The molecule has 0 bridgehead atoms. The number of hydrogen-bond acceptors (Lipinski definition) is 3. The molecule has 19 heavy (non-hydrogen) atoms. The van der Waals surface area contributed by atoms with Gasteiger partial charge in [-0.3, -0.25) is 0 Å². The molecule has 0 aromatic carbocycles. The zero-order valence-corrected chi connectivity index (χ0v) is 9.90. The average Bonchev–Trinajstić information content (AvgIpc) is 2.62. The van der Waals surface area contributed by atoms with E-state index in [-0.39, 0.29) is 12.3 Å². The van der Waals surface area contributed by atoms with Crippen molar-refractivity contribution in [3.05, 3.63) is 17.8 Å². The molecule has 0 radical (unpaired) electrons. The highest BCUT2D eigenvalue weighted by Crippen LogP contribution is 2.46. The molecular weight excluding hydrogens is 278 g/mol. The zero-order chi connectivity index (χ0) is 14.7. The number of alkyl halides is 6. The fourth-order valence-electron chi connectivity index (χ4n) is 1.50. The maximum atomic E-state index is 12.4. The third-order valence-electron chi connectivity index (χ3n) is 2.33. The molecule has 0 aliphatic carbocycles. The standard InChI is InChI=1S/C10H12F6N2O/c1-17-4-2-3-7-18-5-6(19-7)8(9(11,12)13)10(14,15)16/h5,8,17H,2-4H2,1H3. The van der Waals surface area contributed by atoms with E-state index in [4.69, 9.17) is 0 Å². The van der Waals surface area contributed by atoms with E-state index in [0.29, 0.717) is 19.2 Å². The highest BCUT2D eigenvalue weighted by atomic mass is 19.4. The molecule has 1 heterocycles. The van der Waals surface area contributed by atoms with Gasteiger partial charge in [-0.05, 0) is 20.0 Å². The van der Waals surface area contributed by atoms with Gasteiger partial charge in [0.1, 0.15) is 5.76 Å². The summed E-state index contributed by atoms with van der Waals surface area (Å²) < 4.78 is 79.0. The monoisotopic (exact) mass is 290 g/mol.